The molecule has 0 saturated carbocycles. The van der Waals surface area contributed by atoms with Gasteiger partial charge in [-0.1, -0.05) is 112 Å². The molecule has 1 unspecified atom stereocenters. The molecule has 0 saturated heterocycles. The van der Waals surface area contributed by atoms with E-state index in [4.69, 9.17) is 9.47 Å². The first-order valence-electron chi connectivity index (χ1n) is 20.6. The fraction of sp³-hybridized carbons (Fsp3) is 0.574. The van der Waals surface area contributed by atoms with Crippen LogP contribution >= 0.6 is 0 Å². The van der Waals surface area contributed by atoms with Crippen molar-refractivity contribution in [3.05, 3.63) is 82.4 Å². The van der Waals surface area contributed by atoms with Crippen molar-refractivity contribution in [2.75, 3.05) is 26.2 Å². The van der Waals surface area contributed by atoms with Crippen molar-refractivity contribution in [2.24, 2.45) is 0 Å². The molecule has 0 fully saturated rings. The Hall–Kier alpha value is -3.44. The molecule has 3 aromatic carbocycles. The zero-order valence-corrected chi connectivity index (χ0v) is 33.0. The highest BCUT2D eigenvalue weighted by atomic mass is 16.7. The van der Waals surface area contributed by atoms with Gasteiger partial charge < -0.3 is 14.0 Å². The van der Waals surface area contributed by atoms with E-state index in [0.717, 1.165) is 46.8 Å². The molecule has 0 aliphatic carbocycles. The van der Waals surface area contributed by atoms with Crippen molar-refractivity contribution >= 4 is 23.8 Å². The van der Waals surface area contributed by atoms with E-state index in [1.165, 1.54) is 118 Å². The van der Waals surface area contributed by atoms with Gasteiger partial charge in [0.1, 0.15) is 0 Å². The molecule has 3 aliphatic heterocycles. The Morgan fingerprint density at radius 1 is 0.596 bits per heavy atom. The van der Waals surface area contributed by atoms with Crippen LogP contribution in [0.4, 0.5) is 11.4 Å². The monoisotopic (exact) mass is 709 g/mol. The van der Waals surface area contributed by atoms with Gasteiger partial charge in [0.05, 0.1) is 37.3 Å². The van der Waals surface area contributed by atoms with Gasteiger partial charge in [-0.05, 0) is 95.3 Å². The molecule has 0 radical (unpaired) electrons. The van der Waals surface area contributed by atoms with E-state index in [1.807, 2.05) is 0 Å². The summed E-state index contributed by atoms with van der Waals surface area (Å²) < 4.78 is 20.0. The second kappa shape index (κ2) is 17.1. The molecular weight excluding hydrogens is 639 g/mol. The molecule has 1 spiro atoms. The van der Waals surface area contributed by atoms with E-state index >= 15 is 0 Å². The van der Waals surface area contributed by atoms with E-state index < -0.39 is 6.03 Å². The molecular formula is C47H70N3O2+3. The molecule has 0 amide bonds. The zero-order valence-electron chi connectivity index (χ0n) is 33.0. The Morgan fingerprint density at radius 2 is 1.13 bits per heavy atom. The minimum Gasteiger partial charge on any atom is -0.340 e. The van der Waals surface area contributed by atoms with Crippen molar-refractivity contribution in [1.29, 1.82) is 0 Å². The number of fused-ring (bicyclic) bond motifs is 5. The number of hydrogen-bond acceptors (Lipinski definition) is 2. The fourth-order valence-electron chi connectivity index (χ4n) is 8.44. The van der Waals surface area contributed by atoms with E-state index in [9.17, 15) is 0 Å². The molecule has 3 heterocycles. The standard InChI is InChI=1S/C46H66N3O2.CH4/c1-8-12-16-21-36-25-26-43-38(31-36)34-47-41-23-17-18-24-42(41)48-35-39-32-37(33-40(45(5,6)7)44(39)51-46(47,48)50-43)22-19-20-30-49(27-13-9-2,28-14-10-3)29-15-11-4;/h17-18,23-26,31-35H,8-16,19-22,27-30H2,1-7H3;1H4/q+3;. The Kier molecular flexibility index (Phi) is 13.1. The van der Waals surface area contributed by atoms with Crippen molar-refractivity contribution in [1.82, 2.24) is 0 Å². The van der Waals surface area contributed by atoms with Gasteiger partial charge in [-0.2, -0.15) is 0 Å². The van der Waals surface area contributed by atoms with Gasteiger partial charge in [0.15, 0.2) is 23.9 Å². The van der Waals surface area contributed by atoms with Crippen molar-refractivity contribution in [3.8, 4) is 11.5 Å². The summed E-state index contributed by atoms with van der Waals surface area (Å²) in [6, 6.07) is 19.0. The number of para-hydroxylation sites is 2. The summed E-state index contributed by atoms with van der Waals surface area (Å²) >= 11 is 0. The van der Waals surface area contributed by atoms with Crippen LogP contribution in [0.2, 0.25) is 0 Å². The third-order valence-electron chi connectivity index (χ3n) is 11.5. The number of nitrogens with zero attached hydrogens (tertiary/aromatic N) is 3. The van der Waals surface area contributed by atoms with Gasteiger partial charge in [0.2, 0.25) is 0 Å². The van der Waals surface area contributed by atoms with E-state index in [1.54, 1.807) is 0 Å². The average molecular weight is 709 g/mol. The topological polar surface area (TPSA) is 24.5 Å². The molecule has 6 rings (SSSR count). The first-order chi connectivity index (χ1) is 24.7. The lowest BCUT2D eigenvalue weighted by Gasteiger charge is -2.39. The van der Waals surface area contributed by atoms with Crippen molar-refractivity contribution in [3.63, 3.8) is 0 Å². The van der Waals surface area contributed by atoms with Gasteiger partial charge in [-0.3, -0.25) is 0 Å². The van der Waals surface area contributed by atoms with Crippen LogP contribution in [0.25, 0.3) is 0 Å². The summed E-state index contributed by atoms with van der Waals surface area (Å²) in [6.07, 6.45) is 20.8. The second-order valence-electron chi connectivity index (χ2n) is 16.6. The molecule has 5 nitrogen and oxygen atoms in total. The van der Waals surface area contributed by atoms with Crippen LogP contribution in [0.3, 0.4) is 0 Å². The third kappa shape index (κ3) is 8.20. The van der Waals surface area contributed by atoms with Crippen LogP contribution in [-0.4, -0.2) is 58.3 Å². The maximum atomic E-state index is 7.26. The van der Waals surface area contributed by atoms with E-state index in [2.05, 4.69) is 125 Å². The minimum atomic E-state index is -1.15. The first kappa shape index (κ1) is 39.8. The number of aryl methyl sites for hydroxylation is 2. The predicted octanol–water partition coefficient (Wildman–Crippen LogP) is 11.8. The van der Waals surface area contributed by atoms with Gasteiger partial charge in [-0.25, -0.2) is 0 Å². The molecule has 5 heteroatoms. The van der Waals surface area contributed by atoms with Crippen molar-refractivity contribution < 1.29 is 23.1 Å². The third-order valence-corrected chi connectivity index (χ3v) is 11.5. The smallest absolute Gasteiger partial charge is 0.340 e. The largest absolute Gasteiger partial charge is 0.715 e. The van der Waals surface area contributed by atoms with Crippen LogP contribution in [0.15, 0.2) is 54.6 Å². The van der Waals surface area contributed by atoms with Crippen LogP contribution in [0.1, 0.15) is 154 Å². The Labute approximate surface area is 317 Å². The number of ether oxygens (including phenoxy) is 2. The van der Waals surface area contributed by atoms with Gasteiger partial charge in [-0.15, -0.1) is 0 Å². The predicted molar refractivity (Wildman–Crippen MR) is 220 cm³/mol. The number of quaternary nitrogens is 1. The van der Waals surface area contributed by atoms with E-state index in [-0.39, 0.29) is 12.8 Å². The molecule has 0 aromatic heterocycles. The zero-order chi connectivity index (χ0) is 36.1. The lowest BCUT2D eigenvalue weighted by Crippen LogP contribution is -2.59. The Bertz CT molecular complexity index is 1710. The normalized spacial score (nSPS) is 17.0. The van der Waals surface area contributed by atoms with Gasteiger partial charge >= 0.3 is 6.03 Å². The lowest BCUT2D eigenvalue weighted by atomic mass is 9.83. The molecule has 0 bridgehead atoms. The van der Waals surface area contributed by atoms with Crippen LogP contribution in [0.5, 0.6) is 11.5 Å². The van der Waals surface area contributed by atoms with Gasteiger partial charge in [0, 0.05) is 17.7 Å². The SMILES string of the molecule is C.CCCCCc1ccc2c(c1)C=[N+]1c3ccccc3[N+]3=Cc4cc(CCCC[N+](CCCC)(CCCC)CCCC)cc(C(C)(C)C)c4OC13O2. The fourth-order valence-corrected chi connectivity index (χ4v) is 8.44. The Balaban J connectivity index is 0.00000523. The molecule has 52 heavy (non-hydrogen) atoms. The number of benzene rings is 3. The van der Waals surface area contributed by atoms with Crippen LogP contribution in [-0.2, 0) is 18.3 Å². The highest BCUT2D eigenvalue weighted by molar-refractivity contribution is 5.86. The lowest BCUT2D eigenvalue weighted by molar-refractivity contribution is -0.929. The molecule has 3 aromatic rings. The van der Waals surface area contributed by atoms with Crippen molar-refractivity contribution in [2.45, 2.75) is 151 Å². The van der Waals surface area contributed by atoms with Crippen LogP contribution < -0.4 is 9.47 Å². The summed E-state index contributed by atoms with van der Waals surface area (Å²) in [4.78, 5) is 0. The quantitative estimate of drug-likeness (QED) is 0.0746. The molecule has 282 valence electrons. The molecule has 3 aliphatic rings. The maximum absolute atomic E-state index is 7.26. The minimum absolute atomic E-state index is 0. The first-order valence-corrected chi connectivity index (χ1v) is 20.6. The summed E-state index contributed by atoms with van der Waals surface area (Å²) in [5.74, 6) is 1.79. The highest BCUT2D eigenvalue weighted by Crippen LogP contribution is 2.50. The average Bonchev–Trinajstić information content (AvgIpc) is 3.39. The highest BCUT2D eigenvalue weighted by Gasteiger charge is 2.72. The Morgan fingerprint density at radius 3 is 1.73 bits per heavy atom. The van der Waals surface area contributed by atoms with Crippen LogP contribution in [0, 0.1) is 0 Å². The molecule has 1 atom stereocenters. The summed E-state index contributed by atoms with van der Waals surface area (Å²) in [5.41, 5.74) is 8.35. The molecule has 0 N–H and O–H groups in total. The van der Waals surface area contributed by atoms with E-state index in [0.29, 0.717) is 0 Å². The maximum Gasteiger partial charge on any atom is 0.715 e. The number of rotatable bonds is 18. The summed E-state index contributed by atoms with van der Waals surface area (Å²) in [7, 11) is 0. The number of unbranched alkanes of at least 4 members (excludes halogenated alkanes) is 6. The van der Waals surface area contributed by atoms with Gasteiger partial charge in [0.25, 0.3) is 11.4 Å². The second-order valence-corrected chi connectivity index (χ2v) is 16.6. The number of hydrogen-bond donors (Lipinski definition) is 0. The summed E-state index contributed by atoms with van der Waals surface area (Å²) in [5, 5.41) is 0. The summed E-state index contributed by atoms with van der Waals surface area (Å²) in [6.45, 7) is 21.6.